The van der Waals surface area contributed by atoms with Crippen molar-refractivity contribution in [2.24, 2.45) is 0 Å². The third kappa shape index (κ3) is 3.23. The summed E-state index contributed by atoms with van der Waals surface area (Å²) in [6.07, 6.45) is -0.139. The smallest absolute Gasteiger partial charge is 0.240 e. The van der Waals surface area contributed by atoms with Crippen molar-refractivity contribution < 1.29 is 12.8 Å². The number of halogens is 1. The highest BCUT2D eigenvalue weighted by molar-refractivity contribution is 7.92. The van der Waals surface area contributed by atoms with Crippen LogP contribution in [-0.2, 0) is 14.8 Å². The van der Waals surface area contributed by atoms with Gasteiger partial charge in [-0.15, -0.1) is 0 Å². The van der Waals surface area contributed by atoms with Crippen LogP contribution in [-0.4, -0.2) is 34.6 Å². The summed E-state index contributed by atoms with van der Waals surface area (Å²) < 4.78 is 42.1. The van der Waals surface area contributed by atoms with Crippen LogP contribution < -0.4 is 10.2 Å². The molecule has 1 fully saturated rings. The number of hydrogen-bond donors (Lipinski definition) is 1. The maximum atomic E-state index is 15.8. The number of nitrogens with one attached hydrogen (secondary N) is 1. The third-order valence-electron chi connectivity index (χ3n) is 5.06. The molecular weight excluding hydrogens is 351 g/mol. The molecule has 2 aromatic carbocycles. The average Bonchev–Trinajstić information content (AvgIpc) is 2.68. The number of benzene rings is 2. The van der Waals surface area contributed by atoms with Gasteiger partial charge in [-0.05, 0) is 43.2 Å². The Kier molecular flexibility index (Phi) is 5.34. The summed E-state index contributed by atoms with van der Waals surface area (Å²) in [4.78, 5) is 2.21. The van der Waals surface area contributed by atoms with E-state index in [9.17, 15) is 8.42 Å². The lowest BCUT2D eigenvalue weighted by Gasteiger charge is -2.30. The van der Waals surface area contributed by atoms with Gasteiger partial charge < -0.3 is 10.2 Å². The standard InChI is InChI=1S/C20H25FN2O2S/c1-3-20(21,19-7-5-4-6-16(19)2)26(24,25)18-10-8-17(9-11-18)23-14-12-22-13-15-23/h4-11,22H,3,12-15H2,1-2H3. The summed E-state index contributed by atoms with van der Waals surface area (Å²) in [5, 5.41) is 0.848. The maximum absolute atomic E-state index is 15.8. The van der Waals surface area contributed by atoms with Gasteiger partial charge >= 0.3 is 0 Å². The summed E-state index contributed by atoms with van der Waals surface area (Å²) in [6.45, 7) is 6.85. The van der Waals surface area contributed by atoms with Crippen LogP contribution in [0, 0.1) is 6.92 Å². The second kappa shape index (κ2) is 7.37. The molecule has 4 nitrogen and oxygen atoms in total. The molecule has 0 bridgehead atoms. The molecule has 0 aliphatic carbocycles. The second-order valence-electron chi connectivity index (χ2n) is 6.63. The van der Waals surface area contributed by atoms with Crippen LogP contribution in [0.25, 0.3) is 0 Å². The molecule has 1 aliphatic heterocycles. The zero-order chi connectivity index (χ0) is 18.8. The zero-order valence-electron chi connectivity index (χ0n) is 15.2. The van der Waals surface area contributed by atoms with Gasteiger partial charge in [-0.2, -0.15) is 0 Å². The fraction of sp³-hybridized carbons (Fsp3) is 0.400. The van der Waals surface area contributed by atoms with Gasteiger partial charge in [-0.25, -0.2) is 12.8 Å². The number of rotatable bonds is 5. The van der Waals surface area contributed by atoms with Crippen LogP contribution in [0.4, 0.5) is 10.1 Å². The molecule has 0 radical (unpaired) electrons. The van der Waals surface area contributed by atoms with Crippen molar-refractivity contribution in [3.8, 4) is 0 Å². The lowest BCUT2D eigenvalue weighted by atomic mass is 10.0. The predicted octanol–water partition coefficient (Wildman–Crippen LogP) is 3.41. The highest BCUT2D eigenvalue weighted by Crippen LogP contribution is 2.41. The molecule has 2 aromatic rings. The van der Waals surface area contributed by atoms with Crippen molar-refractivity contribution in [2.75, 3.05) is 31.1 Å². The van der Waals surface area contributed by atoms with E-state index in [0.717, 1.165) is 31.9 Å². The molecular formula is C20H25FN2O2S. The minimum Gasteiger partial charge on any atom is -0.369 e. The number of sulfone groups is 1. The second-order valence-corrected chi connectivity index (χ2v) is 8.76. The van der Waals surface area contributed by atoms with Gasteiger partial charge in [0.1, 0.15) is 0 Å². The lowest BCUT2D eigenvalue weighted by molar-refractivity contribution is 0.261. The largest absolute Gasteiger partial charge is 0.369 e. The van der Waals surface area contributed by atoms with Gasteiger partial charge in [0.25, 0.3) is 0 Å². The van der Waals surface area contributed by atoms with E-state index in [1.54, 1.807) is 50.2 Å². The van der Waals surface area contributed by atoms with E-state index in [0.29, 0.717) is 5.56 Å². The number of anilines is 1. The van der Waals surface area contributed by atoms with Crippen LogP contribution in [0.15, 0.2) is 53.4 Å². The van der Waals surface area contributed by atoms with Crippen molar-refractivity contribution in [2.45, 2.75) is 30.2 Å². The lowest BCUT2D eigenvalue weighted by Crippen LogP contribution is -2.43. The molecule has 1 aliphatic rings. The van der Waals surface area contributed by atoms with Crippen LogP contribution >= 0.6 is 0 Å². The Balaban J connectivity index is 1.97. The van der Waals surface area contributed by atoms with E-state index >= 15 is 4.39 Å². The Morgan fingerprint density at radius 3 is 2.27 bits per heavy atom. The Morgan fingerprint density at radius 2 is 1.69 bits per heavy atom. The summed E-state index contributed by atoms with van der Waals surface area (Å²) >= 11 is 0. The fourth-order valence-corrected chi connectivity index (χ4v) is 5.23. The van der Waals surface area contributed by atoms with Gasteiger partial charge in [0.05, 0.1) is 4.90 Å². The number of aryl methyl sites for hydroxylation is 1. The van der Waals surface area contributed by atoms with Gasteiger partial charge in [0, 0.05) is 37.4 Å². The SMILES string of the molecule is CCC(F)(c1ccccc1C)S(=O)(=O)c1ccc(N2CCNCC2)cc1. The van der Waals surface area contributed by atoms with Crippen molar-refractivity contribution in [1.29, 1.82) is 0 Å². The Labute approximate surface area is 155 Å². The fourth-order valence-electron chi connectivity index (χ4n) is 3.46. The first-order valence-corrected chi connectivity index (χ1v) is 10.4. The van der Waals surface area contributed by atoms with Gasteiger partial charge in [-0.1, -0.05) is 31.2 Å². The molecule has 1 atom stereocenters. The summed E-state index contributed by atoms with van der Waals surface area (Å²) in [5.41, 5.74) is 1.81. The highest BCUT2D eigenvalue weighted by atomic mass is 32.2. The Morgan fingerprint density at radius 1 is 1.08 bits per heavy atom. The van der Waals surface area contributed by atoms with Gasteiger partial charge in [0.15, 0.2) is 0 Å². The molecule has 1 saturated heterocycles. The molecule has 0 spiro atoms. The first-order chi connectivity index (χ1) is 12.4. The minimum absolute atomic E-state index is 0.0176. The zero-order valence-corrected chi connectivity index (χ0v) is 16.0. The summed E-state index contributed by atoms with van der Waals surface area (Å²) in [7, 11) is -4.17. The van der Waals surface area contributed by atoms with Crippen molar-refractivity contribution in [3.63, 3.8) is 0 Å². The molecule has 0 amide bonds. The number of hydrogen-bond acceptors (Lipinski definition) is 4. The average molecular weight is 376 g/mol. The number of alkyl halides is 1. The summed E-state index contributed by atoms with van der Waals surface area (Å²) in [6, 6.07) is 13.3. The molecule has 140 valence electrons. The first-order valence-electron chi connectivity index (χ1n) is 8.95. The molecule has 1 N–H and O–H groups in total. The van der Waals surface area contributed by atoms with Gasteiger partial charge in [-0.3, -0.25) is 0 Å². The third-order valence-corrected chi connectivity index (χ3v) is 7.31. The highest BCUT2D eigenvalue weighted by Gasteiger charge is 2.46. The topological polar surface area (TPSA) is 49.4 Å². The van der Waals surface area contributed by atoms with Crippen LogP contribution in [0.5, 0.6) is 0 Å². The maximum Gasteiger partial charge on any atom is 0.240 e. The molecule has 3 rings (SSSR count). The van der Waals surface area contributed by atoms with Crippen molar-refractivity contribution in [1.82, 2.24) is 5.32 Å². The quantitative estimate of drug-likeness (QED) is 0.869. The molecule has 1 heterocycles. The molecule has 26 heavy (non-hydrogen) atoms. The number of nitrogens with zero attached hydrogens (tertiary/aromatic N) is 1. The monoisotopic (exact) mass is 376 g/mol. The van der Waals surface area contributed by atoms with E-state index < -0.39 is 14.8 Å². The van der Waals surface area contributed by atoms with Crippen LogP contribution in [0.2, 0.25) is 0 Å². The number of piperazine rings is 1. The molecule has 0 saturated carbocycles. The van der Waals surface area contributed by atoms with E-state index in [-0.39, 0.29) is 16.9 Å². The van der Waals surface area contributed by atoms with E-state index in [4.69, 9.17) is 0 Å². The normalized spacial score (nSPS) is 17.7. The van der Waals surface area contributed by atoms with E-state index in [1.807, 2.05) is 0 Å². The first kappa shape index (κ1) is 18.9. The van der Waals surface area contributed by atoms with E-state index in [2.05, 4.69) is 10.2 Å². The predicted molar refractivity (Wildman–Crippen MR) is 103 cm³/mol. The van der Waals surface area contributed by atoms with Gasteiger partial charge in [0.2, 0.25) is 14.8 Å². The Hall–Kier alpha value is -1.92. The van der Waals surface area contributed by atoms with Crippen LogP contribution in [0.3, 0.4) is 0 Å². The Bertz CT molecular complexity index is 862. The summed E-state index contributed by atoms with van der Waals surface area (Å²) in [5.74, 6) is 0. The van der Waals surface area contributed by atoms with E-state index in [1.165, 1.54) is 12.1 Å². The molecule has 0 aromatic heterocycles. The molecule has 6 heteroatoms. The minimum atomic E-state index is -4.17. The van der Waals surface area contributed by atoms with Crippen molar-refractivity contribution in [3.05, 3.63) is 59.7 Å². The van der Waals surface area contributed by atoms with Crippen LogP contribution in [0.1, 0.15) is 24.5 Å². The van der Waals surface area contributed by atoms with Crippen molar-refractivity contribution >= 4 is 15.5 Å². The molecule has 1 unspecified atom stereocenters.